The number of hydrogen-bond acceptors (Lipinski definition) is 2. The second kappa shape index (κ2) is 7.63. The van der Waals surface area contributed by atoms with Gasteiger partial charge in [0.05, 0.1) is 16.3 Å². The molecule has 3 rings (SSSR count). The number of carbonyl (C=O) groups is 1. The predicted octanol–water partition coefficient (Wildman–Crippen LogP) is 5.95. The number of nitrogens with one attached hydrogen (secondary N) is 1. The van der Waals surface area contributed by atoms with Crippen molar-refractivity contribution in [3.63, 3.8) is 0 Å². The fourth-order valence-electron chi connectivity index (χ4n) is 2.48. The van der Waals surface area contributed by atoms with Gasteiger partial charge in [-0.25, -0.2) is 9.07 Å². The highest BCUT2D eigenvalue weighted by molar-refractivity contribution is 6.31. The third-order valence-corrected chi connectivity index (χ3v) is 4.15. The summed E-state index contributed by atoms with van der Waals surface area (Å²) in [6, 6.07) is 7.95. The predicted molar refractivity (Wildman–Crippen MR) is 92.9 cm³/mol. The number of benzene rings is 2. The van der Waals surface area contributed by atoms with E-state index in [9.17, 15) is 35.5 Å². The summed E-state index contributed by atoms with van der Waals surface area (Å²) in [6.07, 6.45) is -10.2. The van der Waals surface area contributed by atoms with E-state index in [4.69, 9.17) is 11.6 Å². The van der Waals surface area contributed by atoms with Crippen molar-refractivity contribution in [1.29, 1.82) is 0 Å². The molecule has 0 fully saturated rings. The van der Waals surface area contributed by atoms with Gasteiger partial charge in [0, 0.05) is 11.8 Å². The van der Waals surface area contributed by atoms with Crippen LogP contribution < -0.4 is 5.32 Å². The zero-order chi connectivity index (χ0) is 22.3. The van der Waals surface area contributed by atoms with E-state index in [2.05, 4.69) is 10.4 Å². The first-order valence-corrected chi connectivity index (χ1v) is 8.36. The first-order chi connectivity index (χ1) is 13.9. The largest absolute Gasteiger partial charge is 0.435 e. The molecule has 30 heavy (non-hydrogen) atoms. The SMILES string of the molecule is O=C(Nc1ccc(-n2nc(C(F)(F)F)cc2C(F)(F)F)cc1)c1cccc(Cl)c1F. The lowest BCUT2D eigenvalue weighted by Crippen LogP contribution is -2.15. The minimum Gasteiger partial charge on any atom is -0.322 e. The number of alkyl halides is 6. The van der Waals surface area contributed by atoms with Gasteiger partial charge in [0.1, 0.15) is 5.69 Å². The van der Waals surface area contributed by atoms with Gasteiger partial charge in [-0.05, 0) is 36.4 Å². The molecule has 0 spiro atoms. The van der Waals surface area contributed by atoms with Crippen molar-refractivity contribution in [2.24, 2.45) is 0 Å². The number of amides is 1. The Morgan fingerprint density at radius 1 is 0.967 bits per heavy atom. The van der Waals surface area contributed by atoms with Crippen LogP contribution in [-0.2, 0) is 12.4 Å². The lowest BCUT2D eigenvalue weighted by atomic mass is 10.2. The fraction of sp³-hybridized carbons (Fsp3) is 0.111. The Balaban J connectivity index is 1.90. The molecule has 0 aliphatic rings. The number of anilines is 1. The molecule has 2 aromatic carbocycles. The third kappa shape index (κ3) is 4.40. The van der Waals surface area contributed by atoms with Crippen LogP contribution in [0.1, 0.15) is 21.7 Å². The van der Waals surface area contributed by atoms with Crippen LogP contribution >= 0.6 is 11.6 Å². The zero-order valence-electron chi connectivity index (χ0n) is 14.4. The summed E-state index contributed by atoms with van der Waals surface area (Å²) in [5, 5.41) is 5.03. The Bertz CT molecular complexity index is 1090. The van der Waals surface area contributed by atoms with Crippen LogP contribution in [0.25, 0.3) is 5.69 Å². The van der Waals surface area contributed by atoms with Crippen molar-refractivity contribution >= 4 is 23.2 Å². The van der Waals surface area contributed by atoms with Gasteiger partial charge in [0.2, 0.25) is 0 Å². The van der Waals surface area contributed by atoms with Crippen LogP contribution in [0.3, 0.4) is 0 Å². The van der Waals surface area contributed by atoms with Crippen molar-refractivity contribution in [1.82, 2.24) is 9.78 Å². The molecule has 0 saturated carbocycles. The zero-order valence-corrected chi connectivity index (χ0v) is 15.2. The van der Waals surface area contributed by atoms with E-state index < -0.39 is 35.5 Å². The van der Waals surface area contributed by atoms with Crippen molar-refractivity contribution in [2.45, 2.75) is 12.4 Å². The number of carbonyl (C=O) groups excluding carboxylic acids is 1. The highest BCUT2D eigenvalue weighted by Crippen LogP contribution is 2.36. The van der Waals surface area contributed by atoms with Gasteiger partial charge in [-0.3, -0.25) is 4.79 Å². The monoisotopic (exact) mass is 451 g/mol. The van der Waals surface area contributed by atoms with Crippen molar-refractivity contribution in [3.8, 4) is 5.69 Å². The Labute approximate surface area is 168 Å². The first-order valence-electron chi connectivity index (χ1n) is 7.98. The highest BCUT2D eigenvalue weighted by Gasteiger charge is 2.42. The van der Waals surface area contributed by atoms with E-state index in [0.717, 1.165) is 24.3 Å². The Kier molecular flexibility index (Phi) is 5.50. The molecular weight excluding hydrogens is 443 g/mol. The molecule has 0 unspecified atom stereocenters. The minimum atomic E-state index is -5.09. The molecule has 1 heterocycles. The van der Waals surface area contributed by atoms with Crippen molar-refractivity contribution in [2.75, 3.05) is 5.32 Å². The molecule has 0 bridgehead atoms. The molecule has 0 atom stereocenters. The maximum Gasteiger partial charge on any atom is 0.435 e. The molecule has 0 saturated heterocycles. The van der Waals surface area contributed by atoms with Crippen molar-refractivity contribution < 1.29 is 35.5 Å². The Morgan fingerprint density at radius 3 is 2.17 bits per heavy atom. The molecule has 1 amide bonds. The van der Waals surface area contributed by atoms with Crippen LogP contribution in [0.5, 0.6) is 0 Å². The molecule has 3 aromatic rings. The molecule has 1 N–H and O–H groups in total. The van der Waals surface area contributed by atoms with Gasteiger partial charge >= 0.3 is 12.4 Å². The van der Waals surface area contributed by atoms with Crippen LogP contribution in [0.4, 0.5) is 36.4 Å². The smallest absolute Gasteiger partial charge is 0.322 e. The quantitative estimate of drug-likeness (QED) is 0.500. The molecule has 0 aliphatic carbocycles. The standard InChI is InChI=1S/C18H9ClF7N3O/c19-12-3-1-2-11(15(12)20)16(30)27-9-4-6-10(7-5-9)29-14(18(24,25)26)8-13(28-29)17(21,22)23/h1-8H,(H,27,30). The molecule has 158 valence electrons. The lowest BCUT2D eigenvalue weighted by molar-refractivity contribution is -0.143. The second-order valence-electron chi connectivity index (χ2n) is 5.92. The molecule has 12 heteroatoms. The summed E-state index contributed by atoms with van der Waals surface area (Å²) in [5.41, 5.74) is -3.96. The van der Waals surface area contributed by atoms with Gasteiger partial charge in [-0.15, -0.1) is 0 Å². The Morgan fingerprint density at radius 2 is 1.60 bits per heavy atom. The number of nitrogens with zero attached hydrogens (tertiary/aromatic N) is 2. The third-order valence-electron chi connectivity index (χ3n) is 3.86. The van der Waals surface area contributed by atoms with Gasteiger partial charge in [0.15, 0.2) is 11.5 Å². The summed E-state index contributed by atoms with van der Waals surface area (Å²) in [5.74, 6) is -1.84. The maximum atomic E-state index is 13.9. The van der Waals surface area contributed by atoms with Gasteiger partial charge < -0.3 is 5.32 Å². The van der Waals surface area contributed by atoms with Gasteiger partial charge in [-0.2, -0.15) is 31.4 Å². The molecule has 0 aliphatic heterocycles. The summed E-state index contributed by atoms with van der Waals surface area (Å²) < 4.78 is 91.7. The molecular formula is C18H9ClF7N3O. The van der Waals surface area contributed by atoms with E-state index in [0.29, 0.717) is 0 Å². The number of hydrogen-bond donors (Lipinski definition) is 1. The van der Waals surface area contributed by atoms with Crippen LogP contribution in [-0.4, -0.2) is 15.7 Å². The van der Waals surface area contributed by atoms with E-state index in [-0.39, 0.29) is 32.7 Å². The second-order valence-corrected chi connectivity index (χ2v) is 6.33. The molecule has 4 nitrogen and oxygen atoms in total. The van der Waals surface area contributed by atoms with Gasteiger partial charge in [0.25, 0.3) is 5.91 Å². The molecule has 1 aromatic heterocycles. The van der Waals surface area contributed by atoms with E-state index in [1.807, 2.05) is 0 Å². The summed E-state index contributed by atoms with van der Waals surface area (Å²) in [7, 11) is 0. The number of aromatic nitrogens is 2. The van der Waals surface area contributed by atoms with E-state index in [1.165, 1.54) is 18.2 Å². The summed E-state index contributed by atoms with van der Waals surface area (Å²) in [6.45, 7) is 0. The number of rotatable bonds is 3. The number of halogens is 8. The summed E-state index contributed by atoms with van der Waals surface area (Å²) >= 11 is 5.60. The minimum absolute atomic E-state index is 0.0554. The van der Waals surface area contributed by atoms with Crippen molar-refractivity contribution in [3.05, 3.63) is 76.3 Å². The van der Waals surface area contributed by atoms with Crippen LogP contribution in [0, 0.1) is 5.82 Å². The maximum absolute atomic E-state index is 13.9. The normalized spacial score (nSPS) is 12.1. The summed E-state index contributed by atoms with van der Waals surface area (Å²) in [4.78, 5) is 12.1. The average Bonchev–Trinajstić information content (AvgIpc) is 3.11. The average molecular weight is 452 g/mol. The van der Waals surface area contributed by atoms with Gasteiger partial charge in [-0.1, -0.05) is 17.7 Å². The van der Waals surface area contributed by atoms with E-state index in [1.54, 1.807) is 0 Å². The topological polar surface area (TPSA) is 46.9 Å². The molecule has 0 radical (unpaired) electrons. The lowest BCUT2D eigenvalue weighted by Gasteiger charge is -2.11. The van der Waals surface area contributed by atoms with E-state index >= 15 is 0 Å². The highest BCUT2D eigenvalue weighted by atomic mass is 35.5. The Hall–Kier alpha value is -3.08. The van der Waals surface area contributed by atoms with Crippen LogP contribution in [0.2, 0.25) is 5.02 Å². The van der Waals surface area contributed by atoms with Crippen LogP contribution in [0.15, 0.2) is 48.5 Å². The fourth-order valence-corrected chi connectivity index (χ4v) is 2.66. The first kappa shape index (κ1) is 21.6.